The molecule has 2 fully saturated rings. The molecule has 2 aromatic carbocycles. The molecule has 11 heteroatoms. The fraction of sp³-hybridized carbons (Fsp3) is 0.519. The Bertz CT molecular complexity index is 1010. The van der Waals surface area contributed by atoms with E-state index in [-0.39, 0.29) is 17.5 Å². The van der Waals surface area contributed by atoms with Crippen LogP contribution in [0.3, 0.4) is 0 Å². The maximum absolute atomic E-state index is 12.5. The third-order valence-electron chi connectivity index (χ3n) is 6.67. The Morgan fingerprint density at radius 3 is 2.21 bits per heavy atom. The SMILES string of the molecule is CO[C@H](C)c1cc(C(F)(F)F)cc(C(F)(F)F)c1.O=C1CN2C[C@H](CC[C@H]2c2ccccc2)COCCN1. The van der Waals surface area contributed by atoms with E-state index in [2.05, 4.69) is 34.5 Å². The number of halogens is 6. The molecule has 1 unspecified atom stereocenters. The van der Waals surface area contributed by atoms with Gasteiger partial charge in [0, 0.05) is 26.2 Å². The van der Waals surface area contributed by atoms with Crippen molar-refractivity contribution in [2.24, 2.45) is 5.92 Å². The quantitative estimate of drug-likeness (QED) is 0.479. The van der Waals surface area contributed by atoms with E-state index in [0.717, 1.165) is 19.6 Å². The molecule has 2 saturated heterocycles. The molecule has 0 radical (unpaired) electrons. The smallest absolute Gasteiger partial charge is 0.379 e. The molecule has 2 aliphatic rings. The van der Waals surface area contributed by atoms with E-state index in [1.165, 1.54) is 26.0 Å². The lowest BCUT2D eigenvalue weighted by Crippen LogP contribution is -2.46. The summed E-state index contributed by atoms with van der Waals surface area (Å²) in [5, 5.41) is 2.92. The molecule has 0 saturated carbocycles. The van der Waals surface area contributed by atoms with Gasteiger partial charge in [-0.15, -0.1) is 0 Å². The Hall–Kier alpha value is -2.63. The van der Waals surface area contributed by atoms with E-state index in [1.807, 2.05) is 6.07 Å². The zero-order valence-electron chi connectivity index (χ0n) is 21.2. The van der Waals surface area contributed by atoms with Crippen LogP contribution in [0.2, 0.25) is 0 Å². The molecule has 2 aromatic rings. The van der Waals surface area contributed by atoms with Crippen LogP contribution in [0.1, 0.15) is 54.2 Å². The first-order chi connectivity index (χ1) is 17.9. The Balaban J connectivity index is 0.000000212. The van der Waals surface area contributed by atoms with Crippen molar-refractivity contribution in [3.63, 3.8) is 0 Å². The topological polar surface area (TPSA) is 50.8 Å². The van der Waals surface area contributed by atoms with E-state index >= 15 is 0 Å². The number of methoxy groups -OCH3 is 1. The summed E-state index contributed by atoms with van der Waals surface area (Å²) in [5.74, 6) is 0.665. The monoisotopic (exact) mass is 546 g/mol. The maximum Gasteiger partial charge on any atom is 0.416 e. The molecule has 2 heterocycles. The van der Waals surface area contributed by atoms with Crippen LogP contribution in [0.4, 0.5) is 26.3 Å². The molecular weight excluding hydrogens is 514 g/mol. The minimum atomic E-state index is -4.83. The van der Waals surface area contributed by atoms with Crippen LogP contribution in [0.15, 0.2) is 48.5 Å². The van der Waals surface area contributed by atoms with Gasteiger partial charge in [0.1, 0.15) is 0 Å². The highest BCUT2D eigenvalue weighted by molar-refractivity contribution is 5.78. The highest BCUT2D eigenvalue weighted by Crippen LogP contribution is 2.38. The highest BCUT2D eigenvalue weighted by Gasteiger charge is 2.37. The molecule has 1 N–H and O–H groups in total. The van der Waals surface area contributed by atoms with Gasteiger partial charge in [-0.2, -0.15) is 26.3 Å². The molecule has 38 heavy (non-hydrogen) atoms. The summed E-state index contributed by atoms with van der Waals surface area (Å²) in [5.41, 5.74) is -1.52. The molecule has 1 amide bonds. The molecule has 0 spiro atoms. The predicted octanol–water partition coefficient (Wildman–Crippen LogP) is 6.02. The number of benzene rings is 2. The van der Waals surface area contributed by atoms with Gasteiger partial charge < -0.3 is 14.8 Å². The van der Waals surface area contributed by atoms with Gasteiger partial charge in [-0.1, -0.05) is 30.3 Å². The Morgan fingerprint density at radius 1 is 1.00 bits per heavy atom. The first-order valence-electron chi connectivity index (χ1n) is 12.3. The van der Waals surface area contributed by atoms with Gasteiger partial charge in [-0.05, 0) is 55.0 Å². The van der Waals surface area contributed by atoms with Crippen molar-refractivity contribution < 1.29 is 40.6 Å². The second-order valence-electron chi connectivity index (χ2n) is 9.44. The number of carbonyl (C=O) groups excluding carboxylic acids is 1. The molecule has 2 aliphatic heterocycles. The number of hydrogen-bond acceptors (Lipinski definition) is 4. The van der Waals surface area contributed by atoms with Crippen LogP contribution in [0.5, 0.6) is 0 Å². The first-order valence-corrected chi connectivity index (χ1v) is 12.3. The van der Waals surface area contributed by atoms with E-state index in [4.69, 9.17) is 9.47 Å². The lowest BCUT2D eigenvalue weighted by atomic mass is 9.89. The zero-order chi connectivity index (χ0) is 27.9. The fourth-order valence-electron chi connectivity index (χ4n) is 4.59. The Morgan fingerprint density at radius 2 is 1.63 bits per heavy atom. The standard InChI is InChI=1S/C16H22N2O2.C11H10F6O/c19-16-11-18-10-13(12-20-9-8-17-16)6-7-15(18)14-4-2-1-3-5-14;1-6(18-2)7-3-8(10(12,13)14)5-9(4-7)11(15,16)17/h1-5,13,15H,6-12H2,(H,17,19);3-6H,1-2H3/t13-,15-;6-/m01/s1. The molecular formula is C27H32F6N2O3. The third-order valence-corrected chi connectivity index (χ3v) is 6.67. The summed E-state index contributed by atoms with van der Waals surface area (Å²) in [6, 6.07) is 12.3. The van der Waals surface area contributed by atoms with Crippen LogP contribution < -0.4 is 5.32 Å². The van der Waals surface area contributed by atoms with Gasteiger partial charge in [0.2, 0.25) is 5.91 Å². The number of alkyl halides is 6. The summed E-state index contributed by atoms with van der Waals surface area (Å²) in [6.45, 7) is 4.88. The van der Waals surface area contributed by atoms with Crippen molar-refractivity contribution in [2.45, 2.75) is 44.3 Å². The predicted molar refractivity (Wildman–Crippen MR) is 129 cm³/mol. The Labute approximate surface area is 218 Å². The maximum atomic E-state index is 12.5. The largest absolute Gasteiger partial charge is 0.416 e. The fourth-order valence-corrected chi connectivity index (χ4v) is 4.59. The number of amides is 1. The normalized spacial score (nSPS) is 23.5. The molecule has 2 bridgehead atoms. The number of piperidine rings is 1. The molecule has 4 atom stereocenters. The Kier molecular flexibility index (Phi) is 10.2. The highest BCUT2D eigenvalue weighted by atomic mass is 19.4. The zero-order valence-corrected chi connectivity index (χ0v) is 21.2. The number of rotatable bonds is 3. The molecule has 4 rings (SSSR count). The van der Waals surface area contributed by atoms with Gasteiger partial charge in [-0.3, -0.25) is 9.69 Å². The van der Waals surface area contributed by atoms with Crippen molar-refractivity contribution in [1.29, 1.82) is 0 Å². The number of ether oxygens (including phenoxy) is 2. The summed E-state index contributed by atoms with van der Waals surface area (Å²) in [7, 11) is 1.21. The van der Waals surface area contributed by atoms with Gasteiger partial charge >= 0.3 is 12.4 Å². The van der Waals surface area contributed by atoms with Crippen LogP contribution >= 0.6 is 0 Å². The van der Waals surface area contributed by atoms with Crippen molar-refractivity contribution in [2.75, 3.05) is 40.0 Å². The number of fused-ring (bicyclic) bond motifs is 2. The molecule has 0 aliphatic carbocycles. The average molecular weight is 547 g/mol. The van der Waals surface area contributed by atoms with E-state index in [9.17, 15) is 31.1 Å². The molecule has 5 nitrogen and oxygen atoms in total. The van der Waals surface area contributed by atoms with Crippen LogP contribution in [0.25, 0.3) is 0 Å². The lowest BCUT2D eigenvalue weighted by molar-refractivity contribution is -0.143. The van der Waals surface area contributed by atoms with Crippen LogP contribution in [-0.2, 0) is 26.6 Å². The van der Waals surface area contributed by atoms with E-state index < -0.39 is 29.6 Å². The van der Waals surface area contributed by atoms with E-state index in [1.54, 1.807) is 0 Å². The average Bonchev–Trinajstić information content (AvgIpc) is 2.87. The van der Waals surface area contributed by atoms with Crippen molar-refractivity contribution in [3.05, 3.63) is 70.8 Å². The van der Waals surface area contributed by atoms with Gasteiger partial charge in [0.25, 0.3) is 0 Å². The van der Waals surface area contributed by atoms with Crippen LogP contribution in [-0.4, -0.2) is 50.8 Å². The number of nitrogens with zero attached hydrogens (tertiary/aromatic N) is 1. The van der Waals surface area contributed by atoms with Crippen molar-refractivity contribution >= 4 is 5.91 Å². The summed E-state index contributed by atoms with van der Waals surface area (Å²) < 4.78 is 85.4. The minimum Gasteiger partial charge on any atom is -0.379 e. The second-order valence-corrected chi connectivity index (χ2v) is 9.44. The first kappa shape index (κ1) is 29.9. The third kappa shape index (κ3) is 8.44. The van der Waals surface area contributed by atoms with Crippen LogP contribution in [0, 0.1) is 5.92 Å². The summed E-state index contributed by atoms with van der Waals surface area (Å²) >= 11 is 0. The number of carbonyl (C=O) groups is 1. The number of nitrogens with one attached hydrogen (secondary N) is 1. The number of hydrogen-bond donors (Lipinski definition) is 1. The summed E-state index contributed by atoms with van der Waals surface area (Å²) in [4.78, 5) is 14.3. The minimum absolute atomic E-state index is 0.0892. The molecule has 210 valence electrons. The van der Waals surface area contributed by atoms with Crippen molar-refractivity contribution in [3.8, 4) is 0 Å². The van der Waals surface area contributed by atoms with E-state index in [0.29, 0.717) is 43.8 Å². The second kappa shape index (κ2) is 12.9. The lowest BCUT2D eigenvalue weighted by Gasteiger charge is -2.40. The van der Waals surface area contributed by atoms with Gasteiger partial charge in [0.15, 0.2) is 0 Å². The molecule has 0 aromatic heterocycles. The van der Waals surface area contributed by atoms with Gasteiger partial charge in [0.05, 0.1) is 37.0 Å². The van der Waals surface area contributed by atoms with Gasteiger partial charge in [-0.25, -0.2) is 0 Å². The summed E-state index contributed by atoms with van der Waals surface area (Å²) in [6.07, 6.45) is -8.23. The van der Waals surface area contributed by atoms with Crippen molar-refractivity contribution in [1.82, 2.24) is 10.2 Å².